The highest BCUT2D eigenvalue weighted by atomic mass is 19.4. The van der Waals surface area contributed by atoms with Gasteiger partial charge in [-0.05, 0) is 30.7 Å². The molecule has 0 spiro atoms. The van der Waals surface area contributed by atoms with Crippen LogP contribution in [-0.2, 0) is 6.18 Å². The predicted molar refractivity (Wildman–Crippen MR) is 70.4 cm³/mol. The third-order valence-electron chi connectivity index (χ3n) is 2.22. The molecule has 0 aliphatic rings. The SMILES string of the molecule is CCCN=C(N)NC(=O)Nc1ccc(C(F)(F)F)cc1. The molecule has 1 aromatic rings. The van der Waals surface area contributed by atoms with Crippen LogP contribution >= 0.6 is 0 Å². The number of anilines is 1. The molecule has 0 radical (unpaired) electrons. The van der Waals surface area contributed by atoms with Crippen molar-refractivity contribution in [2.75, 3.05) is 11.9 Å². The molecule has 0 heterocycles. The molecule has 0 aliphatic heterocycles. The van der Waals surface area contributed by atoms with Gasteiger partial charge in [-0.25, -0.2) is 4.79 Å². The molecule has 110 valence electrons. The summed E-state index contributed by atoms with van der Waals surface area (Å²) in [7, 11) is 0. The van der Waals surface area contributed by atoms with Gasteiger partial charge in [0.05, 0.1) is 5.56 Å². The zero-order chi connectivity index (χ0) is 15.2. The molecule has 1 rings (SSSR count). The van der Waals surface area contributed by atoms with Crippen LogP contribution in [0.2, 0.25) is 0 Å². The van der Waals surface area contributed by atoms with Gasteiger partial charge in [0, 0.05) is 12.2 Å². The topological polar surface area (TPSA) is 79.5 Å². The number of alkyl halides is 3. The average Bonchev–Trinajstić information content (AvgIpc) is 2.35. The Bertz CT molecular complexity index is 482. The van der Waals surface area contributed by atoms with E-state index in [-0.39, 0.29) is 11.6 Å². The molecule has 2 amide bonds. The van der Waals surface area contributed by atoms with Gasteiger partial charge < -0.3 is 11.1 Å². The smallest absolute Gasteiger partial charge is 0.370 e. The standard InChI is InChI=1S/C12H15F3N4O/c1-2-7-17-10(16)19-11(20)18-9-5-3-8(4-6-9)12(13,14)15/h3-6H,2,7H2,1H3,(H4,16,17,18,19,20). The van der Waals surface area contributed by atoms with Gasteiger partial charge in [0.2, 0.25) is 0 Å². The van der Waals surface area contributed by atoms with Crippen LogP contribution in [0.25, 0.3) is 0 Å². The molecule has 4 N–H and O–H groups in total. The molecule has 0 atom stereocenters. The molecule has 0 unspecified atom stereocenters. The van der Waals surface area contributed by atoms with Crippen molar-refractivity contribution in [2.24, 2.45) is 10.7 Å². The van der Waals surface area contributed by atoms with E-state index in [1.807, 2.05) is 6.92 Å². The van der Waals surface area contributed by atoms with Gasteiger partial charge in [0.15, 0.2) is 5.96 Å². The summed E-state index contributed by atoms with van der Waals surface area (Å²) < 4.78 is 37.0. The molecular formula is C12H15F3N4O. The monoisotopic (exact) mass is 288 g/mol. The molecule has 0 aromatic heterocycles. The number of hydrogen-bond donors (Lipinski definition) is 3. The van der Waals surface area contributed by atoms with Crippen LogP contribution in [0, 0.1) is 0 Å². The molecule has 0 aliphatic carbocycles. The molecule has 20 heavy (non-hydrogen) atoms. The lowest BCUT2D eigenvalue weighted by molar-refractivity contribution is -0.137. The normalized spacial score (nSPS) is 12.1. The molecule has 1 aromatic carbocycles. The van der Waals surface area contributed by atoms with E-state index in [2.05, 4.69) is 15.6 Å². The molecule has 0 bridgehead atoms. The van der Waals surface area contributed by atoms with Crippen LogP contribution in [-0.4, -0.2) is 18.5 Å². The van der Waals surface area contributed by atoms with Crippen LogP contribution in [0.4, 0.5) is 23.7 Å². The summed E-state index contributed by atoms with van der Waals surface area (Å²) in [6.07, 6.45) is -3.62. The first kappa shape index (κ1) is 15.8. The number of hydrogen-bond acceptors (Lipinski definition) is 2. The summed E-state index contributed by atoms with van der Waals surface area (Å²) in [6.45, 7) is 2.38. The number of urea groups is 1. The van der Waals surface area contributed by atoms with Crippen molar-refractivity contribution in [2.45, 2.75) is 19.5 Å². The fraction of sp³-hybridized carbons (Fsp3) is 0.333. The zero-order valence-corrected chi connectivity index (χ0v) is 10.8. The van der Waals surface area contributed by atoms with E-state index in [1.54, 1.807) is 0 Å². The Kier molecular flexibility index (Phi) is 5.36. The number of aliphatic imine (C=N–C) groups is 1. The van der Waals surface area contributed by atoms with Crippen molar-refractivity contribution in [1.29, 1.82) is 0 Å². The highest BCUT2D eigenvalue weighted by molar-refractivity contribution is 6.01. The quantitative estimate of drug-likeness (QED) is 0.590. The van der Waals surface area contributed by atoms with Crippen molar-refractivity contribution >= 4 is 17.7 Å². The molecule has 5 nitrogen and oxygen atoms in total. The Morgan fingerprint density at radius 1 is 1.30 bits per heavy atom. The van der Waals surface area contributed by atoms with E-state index in [0.717, 1.165) is 30.7 Å². The summed E-state index contributed by atoms with van der Waals surface area (Å²) >= 11 is 0. The van der Waals surface area contributed by atoms with Crippen molar-refractivity contribution < 1.29 is 18.0 Å². The minimum atomic E-state index is -4.40. The highest BCUT2D eigenvalue weighted by Crippen LogP contribution is 2.29. The molecular weight excluding hydrogens is 273 g/mol. The number of amides is 2. The summed E-state index contributed by atoms with van der Waals surface area (Å²) in [5.74, 6) is -0.0451. The maximum atomic E-state index is 12.3. The minimum absolute atomic E-state index is 0.0451. The van der Waals surface area contributed by atoms with E-state index < -0.39 is 17.8 Å². The Hall–Kier alpha value is -2.25. The Balaban J connectivity index is 2.59. The number of carbonyl (C=O) groups excluding carboxylic acids is 1. The van der Waals surface area contributed by atoms with Gasteiger partial charge in [0.25, 0.3) is 0 Å². The summed E-state index contributed by atoms with van der Waals surface area (Å²) in [4.78, 5) is 15.3. The lowest BCUT2D eigenvalue weighted by Gasteiger charge is -2.09. The second kappa shape index (κ2) is 6.78. The largest absolute Gasteiger partial charge is 0.416 e. The van der Waals surface area contributed by atoms with Crippen LogP contribution in [0.15, 0.2) is 29.3 Å². The number of benzene rings is 1. The van der Waals surface area contributed by atoms with Gasteiger partial charge in [-0.15, -0.1) is 0 Å². The summed E-state index contributed by atoms with van der Waals surface area (Å²) in [5, 5.41) is 4.61. The molecule has 0 saturated carbocycles. The van der Waals surface area contributed by atoms with E-state index in [9.17, 15) is 18.0 Å². The lowest BCUT2D eigenvalue weighted by Crippen LogP contribution is -2.39. The van der Waals surface area contributed by atoms with E-state index in [1.165, 1.54) is 0 Å². The molecule has 8 heteroatoms. The van der Waals surface area contributed by atoms with Gasteiger partial charge in [-0.2, -0.15) is 13.2 Å². The molecule has 0 fully saturated rings. The number of nitrogens with two attached hydrogens (primary N) is 1. The van der Waals surface area contributed by atoms with Crippen molar-refractivity contribution in [3.63, 3.8) is 0 Å². The number of rotatable bonds is 3. The van der Waals surface area contributed by atoms with Crippen LogP contribution in [0.1, 0.15) is 18.9 Å². The summed E-state index contributed by atoms with van der Waals surface area (Å²) in [5.41, 5.74) is 4.86. The van der Waals surface area contributed by atoms with E-state index >= 15 is 0 Å². The third-order valence-corrected chi connectivity index (χ3v) is 2.22. The van der Waals surface area contributed by atoms with Crippen LogP contribution < -0.4 is 16.4 Å². The van der Waals surface area contributed by atoms with Gasteiger partial charge >= 0.3 is 12.2 Å². The number of nitrogens with zero attached hydrogens (tertiary/aromatic N) is 1. The van der Waals surface area contributed by atoms with E-state index in [4.69, 9.17) is 5.73 Å². The average molecular weight is 288 g/mol. The zero-order valence-electron chi connectivity index (χ0n) is 10.8. The first-order chi connectivity index (χ1) is 9.32. The third kappa shape index (κ3) is 5.17. The second-order valence-electron chi connectivity index (χ2n) is 3.92. The number of carbonyl (C=O) groups is 1. The van der Waals surface area contributed by atoms with Crippen molar-refractivity contribution in [1.82, 2.24) is 5.32 Å². The Morgan fingerprint density at radius 2 is 1.90 bits per heavy atom. The van der Waals surface area contributed by atoms with Crippen molar-refractivity contribution in [3.8, 4) is 0 Å². The number of nitrogens with one attached hydrogen (secondary N) is 2. The molecule has 0 saturated heterocycles. The second-order valence-corrected chi connectivity index (χ2v) is 3.92. The van der Waals surface area contributed by atoms with Crippen LogP contribution in [0.5, 0.6) is 0 Å². The van der Waals surface area contributed by atoms with Gasteiger partial charge in [-0.3, -0.25) is 10.3 Å². The minimum Gasteiger partial charge on any atom is -0.370 e. The first-order valence-electron chi connectivity index (χ1n) is 5.88. The van der Waals surface area contributed by atoms with Gasteiger partial charge in [0.1, 0.15) is 0 Å². The Labute approximate surface area is 114 Å². The van der Waals surface area contributed by atoms with E-state index in [0.29, 0.717) is 6.54 Å². The fourth-order valence-corrected chi connectivity index (χ4v) is 1.29. The van der Waals surface area contributed by atoms with Gasteiger partial charge in [-0.1, -0.05) is 6.92 Å². The number of halogens is 3. The van der Waals surface area contributed by atoms with Crippen LogP contribution in [0.3, 0.4) is 0 Å². The first-order valence-corrected chi connectivity index (χ1v) is 5.88. The van der Waals surface area contributed by atoms with Crippen molar-refractivity contribution in [3.05, 3.63) is 29.8 Å². The maximum absolute atomic E-state index is 12.3. The maximum Gasteiger partial charge on any atom is 0.416 e. The lowest BCUT2D eigenvalue weighted by atomic mass is 10.2. The number of guanidine groups is 1. The highest BCUT2D eigenvalue weighted by Gasteiger charge is 2.29. The summed E-state index contributed by atoms with van der Waals surface area (Å²) in [6, 6.07) is 3.40. The predicted octanol–water partition coefficient (Wildman–Crippen LogP) is 2.55. The fourth-order valence-electron chi connectivity index (χ4n) is 1.29. The Morgan fingerprint density at radius 3 is 2.40 bits per heavy atom.